The second-order valence-electron chi connectivity index (χ2n) is 2.46. The van der Waals surface area contributed by atoms with Gasteiger partial charge in [-0.25, -0.2) is 9.97 Å². The number of rotatable bonds is 1. The van der Waals surface area contributed by atoms with Gasteiger partial charge < -0.3 is 4.98 Å². The Bertz CT molecular complexity index is 411. The van der Waals surface area contributed by atoms with Crippen molar-refractivity contribution in [3.05, 3.63) is 35.0 Å². The summed E-state index contributed by atoms with van der Waals surface area (Å²) >= 11 is 11.5. The van der Waals surface area contributed by atoms with E-state index in [1.165, 1.54) is 0 Å². The highest BCUT2D eigenvalue weighted by Gasteiger charge is 2.03. The number of aromatic nitrogens is 3. The first-order valence-electron chi connectivity index (χ1n) is 3.57. The number of H-pyrrole nitrogens is 1. The van der Waals surface area contributed by atoms with E-state index in [9.17, 15) is 0 Å². The first-order valence-corrected chi connectivity index (χ1v) is 4.33. The molecule has 0 atom stereocenters. The Balaban J connectivity index is 2.49. The van der Waals surface area contributed by atoms with Crippen LogP contribution >= 0.6 is 23.2 Å². The molecule has 66 valence electrons. The van der Waals surface area contributed by atoms with Crippen LogP contribution in [0.15, 0.2) is 24.8 Å². The molecule has 0 spiro atoms. The molecule has 5 heteroatoms. The van der Waals surface area contributed by atoms with Crippen molar-refractivity contribution in [1.29, 1.82) is 0 Å². The SMILES string of the molecule is Clc1cc(-c2cnc[nH]2)cnc1Cl. The molecule has 0 aliphatic carbocycles. The van der Waals surface area contributed by atoms with Gasteiger partial charge in [-0.2, -0.15) is 0 Å². The zero-order valence-corrected chi connectivity index (χ0v) is 7.97. The van der Waals surface area contributed by atoms with E-state index >= 15 is 0 Å². The standard InChI is InChI=1S/C8H5Cl2N3/c9-6-1-5(2-12-8(6)10)7-3-11-4-13-7/h1-4H,(H,11,13). The van der Waals surface area contributed by atoms with Crippen LogP contribution in [0.25, 0.3) is 11.3 Å². The molecule has 1 N–H and O–H groups in total. The molecule has 0 radical (unpaired) electrons. The van der Waals surface area contributed by atoms with Crippen molar-refractivity contribution in [3.63, 3.8) is 0 Å². The Labute approximate surface area is 84.7 Å². The number of imidazole rings is 1. The molecule has 3 nitrogen and oxygen atoms in total. The molecule has 0 saturated carbocycles. The minimum absolute atomic E-state index is 0.310. The number of halogens is 2. The number of hydrogen-bond donors (Lipinski definition) is 1. The fourth-order valence-corrected chi connectivity index (χ4v) is 1.25. The Morgan fingerprint density at radius 3 is 2.69 bits per heavy atom. The molecule has 2 heterocycles. The van der Waals surface area contributed by atoms with E-state index in [1.807, 2.05) is 0 Å². The summed E-state index contributed by atoms with van der Waals surface area (Å²) in [5.74, 6) is 0. The van der Waals surface area contributed by atoms with Crippen molar-refractivity contribution in [2.24, 2.45) is 0 Å². The zero-order valence-electron chi connectivity index (χ0n) is 6.46. The molecule has 0 saturated heterocycles. The van der Waals surface area contributed by atoms with Crippen LogP contribution in [0.5, 0.6) is 0 Å². The smallest absolute Gasteiger partial charge is 0.147 e. The van der Waals surface area contributed by atoms with E-state index in [1.54, 1.807) is 24.8 Å². The first-order chi connectivity index (χ1) is 6.27. The second kappa shape index (κ2) is 3.36. The largest absolute Gasteiger partial charge is 0.345 e. The van der Waals surface area contributed by atoms with Crippen molar-refractivity contribution in [3.8, 4) is 11.3 Å². The summed E-state index contributed by atoms with van der Waals surface area (Å²) in [7, 11) is 0. The summed E-state index contributed by atoms with van der Waals surface area (Å²) in [4.78, 5) is 10.8. The van der Waals surface area contributed by atoms with Gasteiger partial charge in [0.05, 0.1) is 23.2 Å². The van der Waals surface area contributed by atoms with Gasteiger partial charge in [-0.1, -0.05) is 23.2 Å². The third kappa shape index (κ3) is 1.66. The Hall–Kier alpha value is -1.06. The summed E-state index contributed by atoms with van der Waals surface area (Å²) in [6, 6.07) is 1.74. The van der Waals surface area contributed by atoms with Crippen LogP contribution < -0.4 is 0 Å². The van der Waals surface area contributed by atoms with Crippen molar-refractivity contribution < 1.29 is 0 Å². The van der Waals surface area contributed by atoms with E-state index in [0.29, 0.717) is 10.2 Å². The Kier molecular flexibility index (Phi) is 2.20. The van der Waals surface area contributed by atoms with Crippen LogP contribution in [0.3, 0.4) is 0 Å². The molecular formula is C8H5Cl2N3. The Morgan fingerprint density at radius 1 is 1.23 bits per heavy atom. The molecule has 0 fully saturated rings. The number of nitrogens with zero attached hydrogens (tertiary/aromatic N) is 2. The Morgan fingerprint density at radius 2 is 2.08 bits per heavy atom. The molecular weight excluding hydrogens is 209 g/mol. The maximum atomic E-state index is 5.80. The zero-order chi connectivity index (χ0) is 9.26. The number of aromatic amines is 1. The minimum atomic E-state index is 0.310. The third-order valence-electron chi connectivity index (χ3n) is 1.61. The average Bonchev–Trinajstić information content (AvgIpc) is 2.62. The number of pyridine rings is 1. The fourth-order valence-electron chi connectivity index (χ4n) is 0.982. The van der Waals surface area contributed by atoms with Gasteiger partial charge in [0.1, 0.15) is 5.15 Å². The third-order valence-corrected chi connectivity index (χ3v) is 2.29. The van der Waals surface area contributed by atoms with Crippen molar-refractivity contribution in [2.75, 3.05) is 0 Å². The molecule has 0 amide bonds. The molecule has 0 bridgehead atoms. The van der Waals surface area contributed by atoms with Gasteiger partial charge in [0, 0.05) is 11.8 Å². The van der Waals surface area contributed by atoms with Crippen molar-refractivity contribution in [1.82, 2.24) is 15.0 Å². The van der Waals surface area contributed by atoms with Crippen LogP contribution in [0.2, 0.25) is 10.2 Å². The molecule has 2 rings (SSSR count). The van der Waals surface area contributed by atoms with Crippen LogP contribution in [-0.4, -0.2) is 15.0 Å². The van der Waals surface area contributed by atoms with E-state index in [0.717, 1.165) is 11.3 Å². The number of hydrogen-bond acceptors (Lipinski definition) is 2. The quantitative estimate of drug-likeness (QED) is 0.741. The van der Waals surface area contributed by atoms with Crippen molar-refractivity contribution >= 4 is 23.2 Å². The topological polar surface area (TPSA) is 41.6 Å². The van der Waals surface area contributed by atoms with Gasteiger partial charge >= 0.3 is 0 Å². The molecule has 13 heavy (non-hydrogen) atoms. The molecule has 0 aliphatic rings. The van der Waals surface area contributed by atoms with Crippen molar-refractivity contribution in [2.45, 2.75) is 0 Å². The summed E-state index contributed by atoms with van der Waals surface area (Å²) in [5, 5.41) is 0.749. The lowest BCUT2D eigenvalue weighted by atomic mass is 10.2. The summed E-state index contributed by atoms with van der Waals surface area (Å²) in [6.45, 7) is 0. The van der Waals surface area contributed by atoms with Crippen LogP contribution in [-0.2, 0) is 0 Å². The fraction of sp³-hybridized carbons (Fsp3) is 0. The average molecular weight is 214 g/mol. The highest BCUT2D eigenvalue weighted by Crippen LogP contribution is 2.24. The lowest BCUT2D eigenvalue weighted by molar-refractivity contribution is 1.29. The minimum Gasteiger partial charge on any atom is -0.345 e. The van der Waals surface area contributed by atoms with Crippen LogP contribution in [0.4, 0.5) is 0 Å². The van der Waals surface area contributed by atoms with Gasteiger partial charge in [-0.05, 0) is 6.07 Å². The maximum Gasteiger partial charge on any atom is 0.147 e. The summed E-state index contributed by atoms with van der Waals surface area (Å²) in [6.07, 6.45) is 4.93. The molecule has 2 aromatic heterocycles. The molecule has 0 aliphatic heterocycles. The monoisotopic (exact) mass is 213 g/mol. The van der Waals surface area contributed by atoms with Gasteiger partial charge in [0.25, 0.3) is 0 Å². The highest BCUT2D eigenvalue weighted by molar-refractivity contribution is 6.41. The van der Waals surface area contributed by atoms with E-state index < -0.39 is 0 Å². The van der Waals surface area contributed by atoms with E-state index in [2.05, 4.69) is 15.0 Å². The summed E-state index contributed by atoms with van der Waals surface area (Å²) < 4.78 is 0. The van der Waals surface area contributed by atoms with Gasteiger partial charge in [0.15, 0.2) is 0 Å². The van der Waals surface area contributed by atoms with Gasteiger partial charge in [-0.15, -0.1) is 0 Å². The van der Waals surface area contributed by atoms with Gasteiger partial charge in [0.2, 0.25) is 0 Å². The van der Waals surface area contributed by atoms with E-state index in [-0.39, 0.29) is 0 Å². The maximum absolute atomic E-state index is 5.80. The second-order valence-corrected chi connectivity index (χ2v) is 3.23. The lowest BCUT2D eigenvalue weighted by Gasteiger charge is -1.98. The highest BCUT2D eigenvalue weighted by atomic mass is 35.5. The lowest BCUT2D eigenvalue weighted by Crippen LogP contribution is -1.81. The van der Waals surface area contributed by atoms with E-state index in [4.69, 9.17) is 23.2 Å². The van der Waals surface area contributed by atoms with Crippen LogP contribution in [0.1, 0.15) is 0 Å². The predicted molar refractivity (Wildman–Crippen MR) is 51.8 cm³/mol. The van der Waals surface area contributed by atoms with Crippen LogP contribution in [0, 0.1) is 0 Å². The molecule has 0 unspecified atom stereocenters. The summed E-state index contributed by atoms with van der Waals surface area (Å²) in [5.41, 5.74) is 1.73. The predicted octanol–water partition coefficient (Wildman–Crippen LogP) is 2.78. The molecule has 2 aromatic rings. The molecule has 0 aromatic carbocycles. The number of nitrogens with one attached hydrogen (secondary N) is 1. The van der Waals surface area contributed by atoms with Gasteiger partial charge in [-0.3, -0.25) is 0 Å². The first kappa shape index (κ1) is 8.53. The normalized spacial score (nSPS) is 10.3.